The monoisotopic (exact) mass is 327 g/mol. The molecule has 8 heteroatoms. The number of halogens is 2. The van der Waals surface area contributed by atoms with Crippen LogP contribution in [-0.4, -0.2) is 24.5 Å². The van der Waals surface area contributed by atoms with Crippen LogP contribution in [0.25, 0.3) is 21.9 Å². The quantitative estimate of drug-likeness (QED) is 0.580. The van der Waals surface area contributed by atoms with Crippen molar-refractivity contribution in [2.45, 2.75) is 13.1 Å². The maximum atomic E-state index is 13.4. The van der Waals surface area contributed by atoms with Crippen LogP contribution >= 0.6 is 0 Å². The van der Waals surface area contributed by atoms with E-state index in [2.05, 4.69) is 15.3 Å². The molecule has 4 rings (SSSR count). The Bertz CT molecular complexity index is 1100. The fraction of sp³-hybridized carbons (Fsp3) is 0.125. The molecule has 0 aliphatic rings. The van der Waals surface area contributed by atoms with Gasteiger partial charge in [-0.1, -0.05) is 29.5 Å². The summed E-state index contributed by atoms with van der Waals surface area (Å²) in [5, 5.41) is 8.16. The van der Waals surface area contributed by atoms with Crippen molar-refractivity contribution in [3.63, 3.8) is 0 Å². The fourth-order valence-corrected chi connectivity index (χ4v) is 2.68. The van der Waals surface area contributed by atoms with Crippen molar-refractivity contribution >= 4 is 21.9 Å². The Morgan fingerprint density at radius 2 is 1.71 bits per heavy atom. The number of hydrogen-bond acceptors (Lipinski definition) is 4. The number of alkyl halides is 2. The highest BCUT2D eigenvalue weighted by molar-refractivity contribution is 5.77. The second-order valence-electron chi connectivity index (χ2n) is 5.23. The molecule has 0 amide bonds. The van der Waals surface area contributed by atoms with Crippen LogP contribution < -0.4 is 5.56 Å². The van der Waals surface area contributed by atoms with Crippen molar-refractivity contribution in [2.24, 2.45) is 0 Å². The molecule has 0 bridgehead atoms. The molecule has 2 aromatic heterocycles. The minimum atomic E-state index is -2.77. The van der Waals surface area contributed by atoms with E-state index in [0.717, 1.165) is 9.25 Å². The Balaban J connectivity index is 1.87. The largest absolute Gasteiger partial charge is 0.320 e. The molecule has 0 radical (unpaired) electrons. The molecule has 0 saturated carbocycles. The summed E-state index contributed by atoms with van der Waals surface area (Å²) in [6, 6.07) is 13.3. The summed E-state index contributed by atoms with van der Waals surface area (Å²) < 4.78 is 28.7. The third kappa shape index (κ3) is 2.23. The molecule has 2 aromatic carbocycles. The predicted octanol–water partition coefficient (Wildman–Crippen LogP) is 2.58. The van der Waals surface area contributed by atoms with E-state index in [-0.39, 0.29) is 12.4 Å². The summed E-state index contributed by atoms with van der Waals surface area (Å²) in [5.74, 6) is 0.0536. The van der Waals surface area contributed by atoms with Gasteiger partial charge in [0.25, 0.3) is 5.56 Å². The van der Waals surface area contributed by atoms with Gasteiger partial charge in [0, 0.05) is 0 Å². The molecule has 0 aliphatic heterocycles. The van der Waals surface area contributed by atoms with Gasteiger partial charge in [-0.15, -0.1) is 5.10 Å². The van der Waals surface area contributed by atoms with Crippen LogP contribution in [0.2, 0.25) is 0 Å². The molecular formula is C16H11F2N5O. The zero-order chi connectivity index (χ0) is 16.7. The number of rotatable bonds is 3. The zero-order valence-electron chi connectivity index (χ0n) is 12.3. The summed E-state index contributed by atoms with van der Waals surface area (Å²) in [7, 11) is 0. The normalized spacial score (nSPS) is 11.6. The van der Waals surface area contributed by atoms with Gasteiger partial charge in [-0.05, 0) is 24.3 Å². The van der Waals surface area contributed by atoms with E-state index in [4.69, 9.17) is 0 Å². The van der Waals surface area contributed by atoms with Gasteiger partial charge in [-0.3, -0.25) is 9.36 Å². The molecule has 4 aromatic rings. The topological polar surface area (TPSA) is 65.6 Å². The van der Waals surface area contributed by atoms with Crippen molar-refractivity contribution in [1.82, 2.24) is 24.5 Å². The van der Waals surface area contributed by atoms with Crippen LogP contribution in [0.15, 0.2) is 53.3 Å². The van der Waals surface area contributed by atoms with Crippen LogP contribution in [0.3, 0.4) is 0 Å². The lowest BCUT2D eigenvalue weighted by Crippen LogP contribution is -2.26. The number of aromatic nitrogens is 5. The Labute approximate surface area is 134 Å². The predicted molar refractivity (Wildman–Crippen MR) is 83.9 cm³/mol. The van der Waals surface area contributed by atoms with Crippen molar-refractivity contribution in [1.29, 1.82) is 0 Å². The summed E-state index contributed by atoms with van der Waals surface area (Å²) in [5.41, 5.74) is 0.813. The maximum Gasteiger partial charge on any atom is 0.320 e. The van der Waals surface area contributed by atoms with Crippen molar-refractivity contribution < 1.29 is 8.78 Å². The third-order valence-electron chi connectivity index (χ3n) is 3.78. The lowest BCUT2D eigenvalue weighted by Gasteiger charge is -2.08. The van der Waals surface area contributed by atoms with Crippen LogP contribution in [0.4, 0.5) is 8.78 Å². The standard InChI is InChI=1S/C16H11F2N5O/c17-16(18)23-13-8-4-3-7-12(13)19-14(23)9-22-15(24)10-5-1-2-6-11(10)20-21-22/h1-8,16H,9H2. The Kier molecular flexibility index (Phi) is 3.30. The molecule has 2 heterocycles. The van der Waals surface area contributed by atoms with Crippen LogP contribution in [0.5, 0.6) is 0 Å². The van der Waals surface area contributed by atoms with Crippen LogP contribution in [0, 0.1) is 0 Å². The highest BCUT2D eigenvalue weighted by Gasteiger charge is 2.18. The lowest BCUT2D eigenvalue weighted by atomic mass is 10.2. The first-order chi connectivity index (χ1) is 11.6. The number of para-hydroxylation sites is 2. The van der Waals surface area contributed by atoms with Crippen molar-refractivity contribution in [3.05, 3.63) is 64.7 Å². The minimum Gasteiger partial charge on any atom is -0.269 e. The van der Waals surface area contributed by atoms with Crippen LogP contribution in [-0.2, 0) is 6.54 Å². The Morgan fingerprint density at radius 3 is 2.50 bits per heavy atom. The molecule has 0 unspecified atom stereocenters. The van der Waals surface area contributed by atoms with Crippen LogP contribution in [0.1, 0.15) is 12.4 Å². The maximum absolute atomic E-state index is 13.4. The van der Waals surface area contributed by atoms with E-state index < -0.39 is 12.1 Å². The molecule has 0 aliphatic carbocycles. The average molecular weight is 327 g/mol. The van der Waals surface area contributed by atoms with E-state index in [1.165, 1.54) is 0 Å². The van der Waals surface area contributed by atoms with E-state index in [1.807, 2.05) is 0 Å². The molecule has 0 spiro atoms. The van der Waals surface area contributed by atoms with Crippen molar-refractivity contribution in [2.75, 3.05) is 0 Å². The molecule has 6 nitrogen and oxygen atoms in total. The summed E-state index contributed by atoms with van der Waals surface area (Å²) in [6.45, 7) is -2.95. The third-order valence-corrected chi connectivity index (χ3v) is 3.78. The first kappa shape index (κ1) is 14.4. The van der Waals surface area contributed by atoms with E-state index >= 15 is 0 Å². The molecule has 24 heavy (non-hydrogen) atoms. The summed E-state index contributed by atoms with van der Waals surface area (Å²) in [4.78, 5) is 16.7. The van der Waals surface area contributed by atoms with Gasteiger partial charge in [0.15, 0.2) is 0 Å². The molecule has 0 atom stereocenters. The van der Waals surface area contributed by atoms with Gasteiger partial charge >= 0.3 is 6.55 Å². The number of fused-ring (bicyclic) bond motifs is 2. The van der Waals surface area contributed by atoms with Gasteiger partial charge in [0.2, 0.25) is 0 Å². The number of hydrogen-bond donors (Lipinski definition) is 0. The second-order valence-corrected chi connectivity index (χ2v) is 5.23. The number of imidazole rings is 1. The first-order valence-electron chi connectivity index (χ1n) is 7.21. The zero-order valence-corrected chi connectivity index (χ0v) is 12.3. The summed E-state index contributed by atoms with van der Waals surface area (Å²) >= 11 is 0. The van der Waals surface area contributed by atoms with Gasteiger partial charge < -0.3 is 0 Å². The number of benzene rings is 2. The minimum absolute atomic E-state index is 0.0536. The fourth-order valence-electron chi connectivity index (χ4n) is 2.68. The average Bonchev–Trinajstić information content (AvgIpc) is 2.95. The number of nitrogens with zero attached hydrogens (tertiary/aromatic N) is 5. The molecule has 0 fully saturated rings. The van der Waals surface area contributed by atoms with Gasteiger partial charge in [-0.2, -0.15) is 8.78 Å². The highest BCUT2D eigenvalue weighted by Crippen LogP contribution is 2.23. The Morgan fingerprint density at radius 1 is 1.00 bits per heavy atom. The summed E-state index contributed by atoms with van der Waals surface area (Å²) in [6.07, 6.45) is 0. The molecular weight excluding hydrogens is 316 g/mol. The van der Waals surface area contributed by atoms with Gasteiger partial charge in [0.1, 0.15) is 17.9 Å². The van der Waals surface area contributed by atoms with Gasteiger partial charge in [0.05, 0.1) is 16.4 Å². The molecule has 120 valence electrons. The van der Waals surface area contributed by atoms with Gasteiger partial charge in [-0.25, -0.2) is 9.67 Å². The van der Waals surface area contributed by atoms with E-state index in [1.54, 1.807) is 48.5 Å². The first-order valence-corrected chi connectivity index (χ1v) is 7.21. The van der Waals surface area contributed by atoms with E-state index in [0.29, 0.717) is 21.9 Å². The van der Waals surface area contributed by atoms with E-state index in [9.17, 15) is 13.6 Å². The lowest BCUT2D eigenvalue weighted by molar-refractivity contribution is 0.0709. The smallest absolute Gasteiger partial charge is 0.269 e. The highest BCUT2D eigenvalue weighted by atomic mass is 19.3. The Hall–Kier alpha value is -3.16. The molecule has 0 N–H and O–H groups in total. The SMILES string of the molecule is O=c1c2ccccc2nnn1Cc1nc2ccccc2n1C(F)F. The molecule has 0 saturated heterocycles. The second kappa shape index (κ2) is 5.48. The van der Waals surface area contributed by atoms with Crippen molar-refractivity contribution in [3.8, 4) is 0 Å².